The minimum Gasteiger partial charge on any atom is -0.480 e. The van der Waals surface area contributed by atoms with Gasteiger partial charge in [-0.25, -0.2) is 9.59 Å². The van der Waals surface area contributed by atoms with Gasteiger partial charge in [0.05, 0.1) is 13.2 Å². The van der Waals surface area contributed by atoms with E-state index < -0.39 is 35.9 Å². The van der Waals surface area contributed by atoms with E-state index in [2.05, 4.69) is 0 Å². The summed E-state index contributed by atoms with van der Waals surface area (Å²) in [6.45, 7) is 9.18. The number of carbonyl (C=O) groups is 4. The number of carboxylic acids is 1. The van der Waals surface area contributed by atoms with E-state index in [0.29, 0.717) is 18.4 Å². The van der Waals surface area contributed by atoms with Crippen LogP contribution in [0, 0.1) is 5.92 Å². The maximum absolute atomic E-state index is 12.1. The monoisotopic (exact) mass is 511 g/mol. The van der Waals surface area contributed by atoms with Crippen molar-refractivity contribution < 1.29 is 48.0 Å². The summed E-state index contributed by atoms with van der Waals surface area (Å²) in [5.74, 6) is -1.95. The van der Waals surface area contributed by atoms with Gasteiger partial charge in [-0.05, 0) is 43.4 Å². The van der Waals surface area contributed by atoms with E-state index in [1.165, 1.54) is 18.2 Å². The zero-order valence-corrected chi connectivity index (χ0v) is 21.5. The lowest BCUT2D eigenvalue weighted by atomic mass is 9.86. The number of ether oxygens (including phenoxy) is 5. The van der Waals surface area contributed by atoms with Gasteiger partial charge in [-0.1, -0.05) is 33.8 Å². The number of hydrogen-bond acceptors (Lipinski definition) is 10. The van der Waals surface area contributed by atoms with Crippen LogP contribution in [-0.4, -0.2) is 54.2 Å². The Labute approximate surface area is 211 Å². The smallest absolute Gasteiger partial charge is 0.480 e. The third kappa shape index (κ3) is 10.9. The van der Waals surface area contributed by atoms with Gasteiger partial charge in [0, 0.05) is 19.3 Å². The van der Waals surface area contributed by atoms with Crippen LogP contribution in [0.4, 0.5) is 9.59 Å². The summed E-state index contributed by atoms with van der Waals surface area (Å²) >= 11 is 0. The van der Waals surface area contributed by atoms with Gasteiger partial charge in [-0.15, -0.1) is 0 Å². The van der Waals surface area contributed by atoms with E-state index in [9.17, 15) is 24.3 Å². The van der Waals surface area contributed by atoms with Crippen LogP contribution in [0.15, 0.2) is 18.2 Å². The maximum Gasteiger partial charge on any atom is 0.513 e. The van der Waals surface area contributed by atoms with Gasteiger partial charge in [0.25, 0.3) is 0 Å². The molecule has 3 N–H and O–H groups in total. The fraction of sp³-hybridized carbons (Fsp3) is 0.600. The number of nitrogens with two attached hydrogens (primary N) is 1. The molecule has 36 heavy (non-hydrogen) atoms. The Hall–Kier alpha value is -3.34. The van der Waals surface area contributed by atoms with Crippen molar-refractivity contribution >= 4 is 24.2 Å². The van der Waals surface area contributed by atoms with Gasteiger partial charge in [0.2, 0.25) is 0 Å². The Kier molecular flexibility index (Phi) is 12.7. The van der Waals surface area contributed by atoms with Crippen molar-refractivity contribution in [1.29, 1.82) is 0 Å². The van der Waals surface area contributed by atoms with Gasteiger partial charge in [-0.3, -0.25) is 9.59 Å². The zero-order chi connectivity index (χ0) is 27.3. The number of rotatable bonds is 14. The van der Waals surface area contributed by atoms with E-state index in [4.69, 9.17) is 29.4 Å². The third-order valence-corrected chi connectivity index (χ3v) is 4.75. The molecule has 0 aromatic heterocycles. The molecule has 0 spiro atoms. The summed E-state index contributed by atoms with van der Waals surface area (Å²) in [4.78, 5) is 48.0. The first kappa shape index (κ1) is 30.7. The van der Waals surface area contributed by atoms with E-state index in [0.717, 1.165) is 0 Å². The topological polar surface area (TPSA) is 161 Å². The molecule has 11 heteroatoms. The van der Waals surface area contributed by atoms with Crippen molar-refractivity contribution in [3.63, 3.8) is 0 Å². The number of hydrogen-bond donors (Lipinski definition) is 2. The van der Waals surface area contributed by atoms with Crippen LogP contribution in [0.3, 0.4) is 0 Å². The van der Waals surface area contributed by atoms with Crippen molar-refractivity contribution in [2.24, 2.45) is 11.7 Å². The highest BCUT2D eigenvalue weighted by Gasteiger charge is 2.37. The number of benzene rings is 1. The summed E-state index contributed by atoms with van der Waals surface area (Å²) in [6.07, 6.45) is -1.79. The predicted octanol–water partition coefficient (Wildman–Crippen LogP) is 4.23. The van der Waals surface area contributed by atoms with Gasteiger partial charge in [0.15, 0.2) is 11.5 Å². The molecule has 2 atom stereocenters. The number of esters is 1. The highest BCUT2D eigenvalue weighted by molar-refractivity contribution is 5.79. The second kappa shape index (κ2) is 14.9. The van der Waals surface area contributed by atoms with E-state index in [1.807, 2.05) is 20.8 Å². The molecule has 0 aliphatic carbocycles. The molecule has 0 radical (unpaired) electrons. The minimum atomic E-state index is -1.81. The normalized spacial score (nSPS) is 13.3. The van der Waals surface area contributed by atoms with Crippen molar-refractivity contribution in [3.05, 3.63) is 23.8 Å². The number of carbonyl (C=O) groups excluding carboxylic acids is 3. The minimum absolute atomic E-state index is 0.0919. The average Bonchev–Trinajstić information content (AvgIpc) is 2.77. The lowest BCUT2D eigenvalue weighted by Crippen LogP contribution is -2.52. The molecule has 0 aliphatic heterocycles. The van der Waals surface area contributed by atoms with Crippen LogP contribution in [0.1, 0.15) is 65.9 Å². The van der Waals surface area contributed by atoms with Crippen molar-refractivity contribution in [2.75, 3.05) is 13.2 Å². The van der Waals surface area contributed by atoms with Crippen LogP contribution < -0.4 is 15.2 Å². The predicted molar refractivity (Wildman–Crippen MR) is 129 cm³/mol. The number of carboxylic acid groups (broad SMARTS) is 1. The van der Waals surface area contributed by atoms with Gasteiger partial charge < -0.3 is 34.5 Å². The van der Waals surface area contributed by atoms with Crippen LogP contribution in [0.25, 0.3) is 0 Å². The van der Waals surface area contributed by atoms with E-state index in [1.54, 1.807) is 13.8 Å². The van der Waals surface area contributed by atoms with Gasteiger partial charge in [-0.2, -0.15) is 0 Å². The molecule has 1 rings (SSSR count). The largest absolute Gasteiger partial charge is 0.513 e. The lowest BCUT2D eigenvalue weighted by molar-refractivity contribution is -0.154. The molecule has 0 saturated heterocycles. The van der Waals surface area contributed by atoms with Crippen LogP contribution >= 0.6 is 0 Å². The molecule has 0 saturated carbocycles. The Bertz CT molecular complexity index is 901. The van der Waals surface area contributed by atoms with E-state index in [-0.39, 0.29) is 49.9 Å². The molecule has 11 nitrogen and oxygen atoms in total. The molecule has 1 aromatic carbocycles. The van der Waals surface area contributed by atoms with Crippen LogP contribution in [0.5, 0.6) is 11.5 Å². The van der Waals surface area contributed by atoms with Crippen molar-refractivity contribution in [3.8, 4) is 11.5 Å². The fourth-order valence-electron chi connectivity index (χ4n) is 3.20. The fourth-order valence-corrected chi connectivity index (χ4v) is 3.20. The standard InChI is InChI=1S/C25H37NO10/c1-6-10-32-23(30)35-19-9-8-18(13-20(19)36-24(31)33-11-7-2)15-25(26,22(28)29)14-17(5)34-21(27)12-16(3)4/h8-9,13,16-17H,6-7,10-12,14-15,26H2,1-5H3,(H,28,29)/t17-,25?/m0/s1. The third-order valence-electron chi connectivity index (χ3n) is 4.75. The molecule has 0 heterocycles. The molecule has 1 unspecified atom stereocenters. The summed E-state index contributed by atoms with van der Waals surface area (Å²) in [6, 6.07) is 4.14. The highest BCUT2D eigenvalue weighted by atomic mass is 16.7. The second-order valence-electron chi connectivity index (χ2n) is 8.92. The Morgan fingerprint density at radius 3 is 2.00 bits per heavy atom. The molecule has 0 amide bonds. The summed E-state index contributed by atoms with van der Waals surface area (Å²) in [7, 11) is 0. The van der Waals surface area contributed by atoms with Crippen molar-refractivity contribution in [2.45, 2.75) is 78.4 Å². The van der Waals surface area contributed by atoms with E-state index >= 15 is 0 Å². The molecular weight excluding hydrogens is 474 g/mol. The molecule has 0 fully saturated rings. The summed E-state index contributed by atoms with van der Waals surface area (Å²) < 4.78 is 25.4. The first-order valence-electron chi connectivity index (χ1n) is 11.9. The maximum atomic E-state index is 12.1. The van der Waals surface area contributed by atoms with Crippen LogP contribution in [-0.2, 0) is 30.2 Å². The quantitative estimate of drug-likeness (QED) is 0.209. The van der Waals surface area contributed by atoms with Gasteiger partial charge in [0.1, 0.15) is 11.6 Å². The zero-order valence-electron chi connectivity index (χ0n) is 21.5. The second-order valence-corrected chi connectivity index (χ2v) is 8.92. The first-order chi connectivity index (χ1) is 16.9. The SMILES string of the molecule is CCCOC(=O)Oc1ccc(CC(N)(C[C@H](C)OC(=O)CC(C)C)C(=O)O)cc1OC(=O)OCCC. The molecule has 202 valence electrons. The molecule has 0 aliphatic rings. The van der Waals surface area contributed by atoms with Crippen molar-refractivity contribution in [1.82, 2.24) is 0 Å². The molecule has 1 aromatic rings. The first-order valence-corrected chi connectivity index (χ1v) is 11.9. The number of aliphatic carboxylic acids is 1. The lowest BCUT2D eigenvalue weighted by Gasteiger charge is -2.28. The highest BCUT2D eigenvalue weighted by Crippen LogP contribution is 2.31. The Morgan fingerprint density at radius 2 is 1.50 bits per heavy atom. The summed E-state index contributed by atoms with van der Waals surface area (Å²) in [5, 5.41) is 9.83. The summed E-state index contributed by atoms with van der Waals surface area (Å²) in [5.41, 5.74) is 4.78. The Morgan fingerprint density at radius 1 is 0.944 bits per heavy atom. The van der Waals surface area contributed by atoms with Crippen LogP contribution in [0.2, 0.25) is 0 Å². The molecule has 0 bridgehead atoms. The molecular formula is C25H37NO10. The average molecular weight is 512 g/mol. The Balaban J connectivity index is 3.13. The van der Waals surface area contributed by atoms with Gasteiger partial charge >= 0.3 is 24.2 Å².